The minimum absolute atomic E-state index is 0.0157. The fourth-order valence-corrected chi connectivity index (χ4v) is 3.28. The van der Waals surface area contributed by atoms with Crippen molar-refractivity contribution in [2.75, 3.05) is 31.9 Å². The van der Waals surface area contributed by atoms with Crippen LogP contribution in [0.2, 0.25) is 0 Å². The maximum atomic E-state index is 12.6. The van der Waals surface area contributed by atoms with Crippen LogP contribution in [0.5, 0.6) is 5.75 Å². The lowest BCUT2D eigenvalue weighted by Gasteiger charge is -2.35. The molecule has 0 atom stereocenters. The van der Waals surface area contributed by atoms with E-state index >= 15 is 0 Å². The Morgan fingerprint density at radius 3 is 2.27 bits per heavy atom. The van der Waals surface area contributed by atoms with E-state index in [-0.39, 0.29) is 27.9 Å². The molecule has 1 aromatic rings. The second-order valence-electron chi connectivity index (χ2n) is 6.95. The number of hydrogen-bond donors (Lipinski definition) is 0. The second-order valence-corrected chi connectivity index (χ2v) is 8.75. The van der Waals surface area contributed by atoms with Gasteiger partial charge >= 0.3 is 6.61 Å². The molecule has 5 nitrogen and oxygen atoms in total. The Labute approximate surface area is 156 Å². The zero-order valence-corrected chi connectivity index (χ0v) is 16.0. The molecule has 1 aliphatic heterocycles. The van der Waals surface area contributed by atoms with Crippen molar-refractivity contribution in [3.8, 4) is 5.75 Å². The van der Waals surface area contributed by atoms with E-state index in [4.69, 9.17) is 0 Å². The molecule has 0 saturated carbocycles. The number of alkyl halides is 2. The third kappa shape index (κ3) is 5.86. The normalized spacial score (nSPS) is 15.3. The molecule has 0 spiro atoms. The van der Waals surface area contributed by atoms with Crippen molar-refractivity contribution in [1.82, 2.24) is 9.80 Å². The summed E-state index contributed by atoms with van der Waals surface area (Å²) in [5.74, 6) is -0.0360. The summed E-state index contributed by atoms with van der Waals surface area (Å²) in [7, 11) is 0. The topological polar surface area (TPSA) is 49.9 Å². The summed E-state index contributed by atoms with van der Waals surface area (Å²) >= 11 is 1.59. The SMILES string of the molecule is CC(C)(C)SCC(=O)N1CCN(C(=O)c2ccccc2OC(F)F)CC1. The van der Waals surface area contributed by atoms with Gasteiger partial charge in [0.25, 0.3) is 5.91 Å². The molecule has 8 heteroatoms. The van der Waals surface area contributed by atoms with Crippen LogP contribution in [0.4, 0.5) is 8.78 Å². The Kier molecular flexibility index (Phi) is 6.86. The van der Waals surface area contributed by atoms with Gasteiger partial charge in [-0.3, -0.25) is 9.59 Å². The van der Waals surface area contributed by atoms with Gasteiger partial charge in [-0.2, -0.15) is 8.78 Å². The number of carbonyl (C=O) groups is 2. The van der Waals surface area contributed by atoms with Crippen molar-refractivity contribution in [2.45, 2.75) is 32.1 Å². The highest BCUT2D eigenvalue weighted by molar-refractivity contribution is 8.01. The first-order valence-corrected chi connectivity index (χ1v) is 9.41. The van der Waals surface area contributed by atoms with Gasteiger partial charge in [-0.05, 0) is 12.1 Å². The van der Waals surface area contributed by atoms with Crippen molar-refractivity contribution in [1.29, 1.82) is 0 Å². The number of carbonyl (C=O) groups excluding carboxylic acids is 2. The number of halogens is 2. The second kappa shape index (κ2) is 8.70. The van der Waals surface area contributed by atoms with Gasteiger partial charge in [0.2, 0.25) is 5.91 Å². The predicted molar refractivity (Wildman–Crippen MR) is 97.8 cm³/mol. The molecular formula is C18H24F2N2O3S. The fraction of sp³-hybridized carbons (Fsp3) is 0.556. The fourth-order valence-electron chi connectivity index (χ4n) is 2.54. The summed E-state index contributed by atoms with van der Waals surface area (Å²) in [5.41, 5.74) is 0.107. The lowest BCUT2D eigenvalue weighted by atomic mass is 10.1. The number of para-hydroxylation sites is 1. The number of ether oxygens (including phenoxy) is 1. The minimum Gasteiger partial charge on any atom is -0.434 e. The van der Waals surface area contributed by atoms with Gasteiger partial charge in [-0.25, -0.2) is 0 Å². The molecule has 1 aliphatic rings. The Morgan fingerprint density at radius 2 is 1.69 bits per heavy atom. The minimum atomic E-state index is -2.99. The van der Waals surface area contributed by atoms with E-state index in [2.05, 4.69) is 25.5 Å². The first-order valence-electron chi connectivity index (χ1n) is 8.42. The maximum Gasteiger partial charge on any atom is 0.387 e. The number of thioether (sulfide) groups is 1. The monoisotopic (exact) mass is 386 g/mol. The molecule has 0 aliphatic carbocycles. The largest absolute Gasteiger partial charge is 0.434 e. The van der Waals surface area contributed by atoms with E-state index in [1.54, 1.807) is 27.6 Å². The number of hydrogen-bond acceptors (Lipinski definition) is 4. The number of amides is 2. The lowest BCUT2D eigenvalue weighted by Crippen LogP contribution is -2.51. The van der Waals surface area contributed by atoms with Crippen LogP contribution < -0.4 is 4.74 Å². The molecule has 0 N–H and O–H groups in total. The van der Waals surface area contributed by atoms with Crippen molar-refractivity contribution >= 4 is 23.6 Å². The van der Waals surface area contributed by atoms with Gasteiger partial charge in [0, 0.05) is 30.9 Å². The van der Waals surface area contributed by atoms with Gasteiger partial charge < -0.3 is 14.5 Å². The summed E-state index contributed by atoms with van der Waals surface area (Å²) in [5, 5.41) is 0. The molecule has 144 valence electrons. The van der Waals surface area contributed by atoms with E-state index in [9.17, 15) is 18.4 Å². The van der Waals surface area contributed by atoms with Gasteiger partial charge in [0.15, 0.2) is 0 Å². The molecule has 1 heterocycles. The standard InChI is InChI=1S/C18H24F2N2O3S/c1-18(2,3)26-12-15(23)21-8-10-22(11-9-21)16(24)13-6-4-5-7-14(13)25-17(19)20/h4-7,17H,8-12H2,1-3H3. The molecule has 2 amide bonds. The Hall–Kier alpha value is -1.83. The van der Waals surface area contributed by atoms with E-state index < -0.39 is 6.61 Å². The molecule has 0 radical (unpaired) electrons. The summed E-state index contributed by atoms with van der Waals surface area (Å²) < 4.78 is 29.5. The molecule has 0 aromatic heterocycles. The van der Waals surface area contributed by atoms with Crippen LogP contribution >= 0.6 is 11.8 Å². The van der Waals surface area contributed by atoms with Crippen LogP contribution in [0.1, 0.15) is 31.1 Å². The lowest BCUT2D eigenvalue weighted by molar-refractivity contribution is -0.129. The zero-order valence-electron chi connectivity index (χ0n) is 15.2. The van der Waals surface area contributed by atoms with Crippen LogP contribution in [-0.4, -0.2) is 64.9 Å². The van der Waals surface area contributed by atoms with Gasteiger partial charge in [0.05, 0.1) is 11.3 Å². The molecule has 26 heavy (non-hydrogen) atoms. The molecule has 1 saturated heterocycles. The number of nitrogens with zero attached hydrogens (tertiary/aromatic N) is 2. The van der Waals surface area contributed by atoms with Crippen LogP contribution in [0.15, 0.2) is 24.3 Å². The van der Waals surface area contributed by atoms with Gasteiger partial charge in [-0.1, -0.05) is 32.9 Å². The molecule has 0 bridgehead atoms. The van der Waals surface area contributed by atoms with Crippen molar-refractivity contribution in [3.63, 3.8) is 0 Å². The number of rotatable bonds is 5. The first kappa shape index (κ1) is 20.5. The van der Waals surface area contributed by atoms with Crippen LogP contribution in [-0.2, 0) is 4.79 Å². The van der Waals surface area contributed by atoms with Crippen molar-refractivity contribution in [3.05, 3.63) is 29.8 Å². The average molecular weight is 386 g/mol. The zero-order chi connectivity index (χ0) is 19.3. The molecule has 2 rings (SSSR count). The first-order chi connectivity index (χ1) is 12.2. The summed E-state index contributed by atoms with van der Waals surface area (Å²) in [6.07, 6.45) is 0. The summed E-state index contributed by atoms with van der Waals surface area (Å²) in [6, 6.07) is 5.97. The molecule has 1 aromatic carbocycles. The van der Waals surface area contributed by atoms with E-state index in [0.717, 1.165) is 0 Å². The number of benzene rings is 1. The van der Waals surface area contributed by atoms with Gasteiger partial charge in [0.1, 0.15) is 5.75 Å². The third-order valence-corrected chi connectivity index (χ3v) is 5.14. The molecule has 0 unspecified atom stereocenters. The van der Waals surface area contributed by atoms with Crippen LogP contribution in [0, 0.1) is 0 Å². The smallest absolute Gasteiger partial charge is 0.387 e. The Bertz CT molecular complexity index is 642. The Morgan fingerprint density at radius 1 is 1.12 bits per heavy atom. The van der Waals surface area contributed by atoms with E-state index in [1.807, 2.05) is 0 Å². The van der Waals surface area contributed by atoms with Gasteiger partial charge in [-0.15, -0.1) is 11.8 Å². The average Bonchev–Trinajstić information content (AvgIpc) is 2.58. The van der Waals surface area contributed by atoms with Crippen molar-refractivity contribution in [2.24, 2.45) is 0 Å². The number of piperazine rings is 1. The quantitative estimate of drug-likeness (QED) is 0.780. The highest BCUT2D eigenvalue weighted by Crippen LogP contribution is 2.24. The van der Waals surface area contributed by atoms with E-state index in [1.165, 1.54) is 18.2 Å². The maximum absolute atomic E-state index is 12.6. The summed E-state index contributed by atoms with van der Waals surface area (Å²) in [6.45, 7) is 4.79. The molecule has 1 fully saturated rings. The molecular weight excluding hydrogens is 362 g/mol. The van der Waals surface area contributed by atoms with Crippen LogP contribution in [0.3, 0.4) is 0 Å². The van der Waals surface area contributed by atoms with Crippen molar-refractivity contribution < 1.29 is 23.1 Å². The summed E-state index contributed by atoms with van der Waals surface area (Å²) in [4.78, 5) is 28.2. The van der Waals surface area contributed by atoms with Crippen LogP contribution in [0.25, 0.3) is 0 Å². The highest BCUT2D eigenvalue weighted by atomic mass is 32.2. The Balaban J connectivity index is 1.94. The predicted octanol–water partition coefficient (Wildman–Crippen LogP) is 3.10. The highest BCUT2D eigenvalue weighted by Gasteiger charge is 2.27. The third-order valence-electron chi connectivity index (χ3n) is 3.88. The van der Waals surface area contributed by atoms with E-state index in [0.29, 0.717) is 31.9 Å².